The summed E-state index contributed by atoms with van der Waals surface area (Å²) >= 11 is 0. The van der Waals surface area contributed by atoms with E-state index < -0.39 is 5.97 Å². The van der Waals surface area contributed by atoms with Crippen LogP contribution in [0, 0.1) is 5.92 Å². The lowest BCUT2D eigenvalue weighted by Crippen LogP contribution is -2.39. The number of hydrogen-bond donors (Lipinski definition) is 1. The summed E-state index contributed by atoms with van der Waals surface area (Å²) in [6, 6.07) is 10.9. The molecule has 0 radical (unpaired) electrons. The zero-order chi connectivity index (χ0) is 17.6. The van der Waals surface area contributed by atoms with E-state index in [0.717, 1.165) is 43.7 Å². The van der Waals surface area contributed by atoms with Gasteiger partial charge in [0.1, 0.15) is 5.76 Å². The van der Waals surface area contributed by atoms with Crippen LogP contribution < -0.4 is 0 Å². The van der Waals surface area contributed by atoms with Gasteiger partial charge in [0, 0.05) is 25.9 Å². The van der Waals surface area contributed by atoms with Gasteiger partial charge >= 0.3 is 5.97 Å². The second-order valence-electron chi connectivity index (χ2n) is 6.57. The number of hydrogen-bond acceptors (Lipinski definition) is 3. The van der Waals surface area contributed by atoms with Gasteiger partial charge in [-0.25, -0.2) is 4.79 Å². The van der Waals surface area contributed by atoms with Crippen molar-refractivity contribution in [1.29, 1.82) is 0 Å². The molecule has 0 aliphatic carbocycles. The summed E-state index contributed by atoms with van der Waals surface area (Å²) in [6.07, 6.45) is 5.33. The number of rotatable bonds is 6. The number of carbonyl (C=O) groups is 2. The van der Waals surface area contributed by atoms with E-state index >= 15 is 0 Å². The Morgan fingerprint density at radius 2 is 1.88 bits per heavy atom. The van der Waals surface area contributed by atoms with E-state index in [2.05, 4.69) is 0 Å². The number of aryl methyl sites for hydroxylation is 1. The minimum absolute atomic E-state index is 0.167. The number of amides is 1. The lowest BCUT2D eigenvalue weighted by atomic mass is 9.88. The molecule has 0 atom stereocenters. The van der Waals surface area contributed by atoms with Gasteiger partial charge < -0.3 is 14.4 Å². The average Bonchev–Trinajstić information content (AvgIpc) is 3.14. The number of carboxylic acids is 1. The molecule has 0 saturated carbocycles. The Bertz CT molecular complexity index is 715. The molecular weight excluding hydrogens is 318 g/mol. The topological polar surface area (TPSA) is 70.8 Å². The number of carboxylic acid groups (broad SMARTS) is 1. The molecule has 1 saturated heterocycles. The molecule has 5 nitrogen and oxygen atoms in total. The first kappa shape index (κ1) is 17.3. The van der Waals surface area contributed by atoms with Crippen molar-refractivity contribution in [2.75, 3.05) is 13.1 Å². The average molecular weight is 341 g/mol. The Hall–Kier alpha value is -2.56. The van der Waals surface area contributed by atoms with Crippen molar-refractivity contribution in [3.63, 3.8) is 0 Å². The maximum absolute atomic E-state index is 12.3. The van der Waals surface area contributed by atoms with E-state index in [0.29, 0.717) is 24.3 Å². The van der Waals surface area contributed by atoms with Gasteiger partial charge in [-0.2, -0.15) is 0 Å². The van der Waals surface area contributed by atoms with Crippen LogP contribution >= 0.6 is 0 Å². The lowest BCUT2D eigenvalue weighted by Gasteiger charge is -2.32. The normalized spacial score (nSPS) is 15.3. The Balaban J connectivity index is 1.49. The summed E-state index contributed by atoms with van der Waals surface area (Å²) in [5, 5.41) is 9.29. The van der Waals surface area contributed by atoms with E-state index in [9.17, 15) is 14.7 Å². The molecule has 1 aromatic carbocycles. The van der Waals surface area contributed by atoms with Crippen LogP contribution in [0.4, 0.5) is 0 Å². The highest BCUT2D eigenvalue weighted by atomic mass is 16.4. The van der Waals surface area contributed by atoms with Gasteiger partial charge in [-0.05, 0) is 48.9 Å². The molecule has 5 heteroatoms. The lowest BCUT2D eigenvalue weighted by molar-refractivity contribution is -0.132. The minimum atomic E-state index is -0.874. The standard InChI is InChI=1S/C20H23NO4/c22-19(8-7-17-5-3-13-25-17)21-11-9-15(10-12-21)14-16-4-1-2-6-18(16)20(23)24/h1-6,13,15H,7-12,14H2,(H,23,24). The number of benzene rings is 1. The molecule has 132 valence electrons. The molecule has 2 aromatic rings. The van der Waals surface area contributed by atoms with Crippen LogP contribution in [0.2, 0.25) is 0 Å². The van der Waals surface area contributed by atoms with Crippen LogP contribution in [0.25, 0.3) is 0 Å². The zero-order valence-electron chi connectivity index (χ0n) is 14.2. The highest BCUT2D eigenvalue weighted by Gasteiger charge is 2.24. The van der Waals surface area contributed by atoms with E-state index in [1.165, 1.54) is 0 Å². The van der Waals surface area contributed by atoms with E-state index in [1.54, 1.807) is 18.4 Å². The molecule has 0 bridgehead atoms. The maximum atomic E-state index is 12.3. The monoisotopic (exact) mass is 341 g/mol. The van der Waals surface area contributed by atoms with Crippen LogP contribution in [0.5, 0.6) is 0 Å². The van der Waals surface area contributed by atoms with E-state index in [1.807, 2.05) is 29.2 Å². The summed E-state index contributed by atoms with van der Waals surface area (Å²) in [7, 11) is 0. The predicted octanol–water partition coefficient (Wildman–Crippen LogP) is 3.39. The summed E-state index contributed by atoms with van der Waals surface area (Å²) < 4.78 is 5.27. The smallest absolute Gasteiger partial charge is 0.335 e. The molecule has 1 fully saturated rings. The molecule has 2 heterocycles. The molecular formula is C20H23NO4. The van der Waals surface area contributed by atoms with Gasteiger partial charge in [-0.15, -0.1) is 0 Å². The van der Waals surface area contributed by atoms with Crippen LogP contribution in [0.15, 0.2) is 47.1 Å². The van der Waals surface area contributed by atoms with E-state index in [-0.39, 0.29) is 5.91 Å². The number of nitrogens with zero attached hydrogens (tertiary/aromatic N) is 1. The molecule has 1 N–H and O–H groups in total. The molecule has 1 aliphatic rings. The van der Waals surface area contributed by atoms with Crippen LogP contribution in [0.3, 0.4) is 0 Å². The van der Waals surface area contributed by atoms with Gasteiger partial charge in [-0.3, -0.25) is 4.79 Å². The van der Waals surface area contributed by atoms with Crippen molar-refractivity contribution < 1.29 is 19.1 Å². The fraction of sp³-hybridized carbons (Fsp3) is 0.400. The highest BCUT2D eigenvalue weighted by Crippen LogP contribution is 2.24. The number of aromatic carboxylic acids is 1. The molecule has 1 aromatic heterocycles. The van der Waals surface area contributed by atoms with Crippen LogP contribution in [-0.2, 0) is 17.6 Å². The minimum Gasteiger partial charge on any atom is -0.478 e. The largest absolute Gasteiger partial charge is 0.478 e. The Labute approximate surface area is 147 Å². The number of carbonyl (C=O) groups excluding carboxylic acids is 1. The van der Waals surface area contributed by atoms with Crippen molar-refractivity contribution in [2.24, 2.45) is 5.92 Å². The first-order valence-electron chi connectivity index (χ1n) is 8.75. The summed E-state index contributed by atoms with van der Waals surface area (Å²) in [5.74, 6) is 0.560. The van der Waals surface area contributed by atoms with E-state index in [4.69, 9.17) is 4.42 Å². The molecule has 1 aliphatic heterocycles. The van der Waals surface area contributed by atoms with Gasteiger partial charge in [0.15, 0.2) is 0 Å². The predicted molar refractivity (Wildman–Crippen MR) is 93.4 cm³/mol. The number of furan rings is 1. The number of piperidine rings is 1. The number of likely N-dealkylation sites (tertiary alicyclic amines) is 1. The SMILES string of the molecule is O=C(O)c1ccccc1CC1CCN(C(=O)CCc2ccco2)CC1. The van der Waals surface area contributed by atoms with Gasteiger partial charge in [-0.1, -0.05) is 18.2 Å². The summed E-state index contributed by atoms with van der Waals surface area (Å²) in [4.78, 5) is 25.5. The van der Waals surface area contributed by atoms with Crippen LogP contribution in [0.1, 0.15) is 40.9 Å². The molecule has 0 spiro atoms. The third-order valence-electron chi connectivity index (χ3n) is 4.89. The molecule has 1 amide bonds. The van der Waals surface area contributed by atoms with Gasteiger partial charge in [0.25, 0.3) is 0 Å². The fourth-order valence-corrected chi connectivity index (χ4v) is 3.45. The second kappa shape index (κ2) is 8.01. The molecule has 3 rings (SSSR count). The van der Waals surface area contributed by atoms with Crippen molar-refractivity contribution in [2.45, 2.75) is 32.1 Å². The van der Waals surface area contributed by atoms with Gasteiger partial charge in [0.2, 0.25) is 5.91 Å². The van der Waals surface area contributed by atoms with Crippen LogP contribution in [-0.4, -0.2) is 35.0 Å². The van der Waals surface area contributed by atoms with Crippen molar-refractivity contribution in [3.05, 3.63) is 59.5 Å². The Morgan fingerprint density at radius 1 is 1.12 bits per heavy atom. The Kier molecular flexibility index (Phi) is 5.53. The van der Waals surface area contributed by atoms with Crippen molar-refractivity contribution in [3.8, 4) is 0 Å². The second-order valence-corrected chi connectivity index (χ2v) is 6.57. The van der Waals surface area contributed by atoms with Crippen molar-refractivity contribution in [1.82, 2.24) is 4.90 Å². The summed E-state index contributed by atoms with van der Waals surface area (Å²) in [5.41, 5.74) is 1.28. The maximum Gasteiger partial charge on any atom is 0.335 e. The first-order chi connectivity index (χ1) is 12.1. The fourth-order valence-electron chi connectivity index (χ4n) is 3.45. The zero-order valence-corrected chi connectivity index (χ0v) is 14.2. The van der Waals surface area contributed by atoms with Crippen molar-refractivity contribution >= 4 is 11.9 Å². The third kappa shape index (κ3) is 4.50. The quantitative estimate of drug-likeness (QED) is 0.874. The molecule has 0 unspecified atom stereocenters. The molecule has 25 heavy (non-hydrogen) atoms. The summed E-state index contributed by atoms with van der Waals surface area (Å²) in [6.45, 7) is 1.49. The van der Waals surface area contributed by atoms with Gasteiger partial charge in [0.05, 0.1) is 11.8 Å². The first-order valence-corrected chi connectivity index (χ1v) is 8.75. The Morgan fingerprint density at radius 3 is 2.56 bits per heavy atom. The third-order valence-corrected chi connectivity index (χ3v) is 4.89. The highest BCUT2D eigenvalue weighted by molar-refractivity contribution is 5.89.